The number of nitrogens with zero attached hydrogens (tertiary/aromatic N) is 2. The van der Waals surface area contributed by atoms with Crippen LogP contribution in [0.2, 0.25) is 0 Å². The van der Waals surface area contributed by atoms with Gasteiger partial charge in [-0.1, -0.05) is 30.3 Å². The lowest BCUT2D eigenvalue weighted by molar-refractivity contribution is -0.119. The molecule has 0 unspecified atom stereocenters. The van der Waals surface area contributed by atoms with E-state index in [0.29, 0.717) is 41.4 Å². The molecule has 1 aromatic carbocycles. The molecule has 0 atom stereocenters. The van der Waals surface area contributed by atoms with Crippen molar-refractivity contribution in [2.45, 2.75) is 20.0 Å². The van der Waals surface area contributed by atoms with Crippen molar-refractivity contribution in [2.24, 2.45) is 10.7 Å². The van der Waals surface area contributed by atoms with Gasteiger partial charge in [0.15, 0.2) is 11.7 Å². The summed E-state index contributed by atoms with van der Waals surface area (Å²) < 4.78 is 5.68. The van der Waals surface area contributed by atoms with E-state index in [0.717, 1.165) is 5.56 Å². The van der Waals surface area contributed by atoms with Gasteiger partial charge in [-0.05, 0) is 17.7 Å². The van der Waals surface area contributed by atoms with E-state index in [2.05, 4.69) is 20.6 Å². The second-order valence-corrected chi connectivity index (χ2v) is 6.36. The molecule has 8 heteroatoms. The van der Waals surface area contributed by atoms with Gasteiger partial charge in [0, 0.05) is 18.8 Å². The van der Waals surface area contributed by atoms with Crippen LogP contribution >= 0.6 is 11.3 Å². The molecule has 1 amide bonds. The lowest BCUT2D eigenvalue weighted by Crippen LogP contribution is -2.30. The number of hydrogen-bond acceptors (Lipinski definition) is 5. The maximum atomic E-state index is 10.9. The third-order valence-electron chi connectivity index (χ3n) is 3.45. The maximum Gasteiger partial charge on any atom is 0.217 e. The molecule has 3 rings (SSSR count). The fourth-order valence-corrected chi connectivity index (χ4v) is 2.87. The third-order valence-corrected chi connectivity index (χ3v) is 4.18. The monoisotopic (exact) mass is 369 g/mol. The highest BCUT2D eigenvalue weighted by Gasteiger charge is 2.09. The summed E-state index contributed by atoms with van der Waals surface area (Å²) in [6.07, 6.45) is 0. The van der Waals surface area contributed by atoms with Gasteiger partial charge in [-0.15, -0.1) is 11.3 Å². The minimum absolute atomic E-state index is 0.105. The van der Waals surface area contributed by atoms with Gasteiger partial charge in [-0.3, -0.25) is 4.79 Å². The number of carbonyl (C=O) groups excluding carboxylic acids is 1. The Morgan fingerprint density at radius 3 is 2.77 bits per heavy atom. The van der Waals surface area contributed by atoms with Crippen molar-refractivity contribution in [3.8, 4) is 11.5 Å². The highest BCUT2D eigenvalue weighted by molar-refractivity contribution is 7.13. The molecule has 0 fully saturated rings. The van der Waals surface area contributed by atoms with Crippen LogP contribution in [0.15, 0.2) is 57.3 Å². The Labute approximate surface area is 155 Å². The van der Waals surface area contributed by atoms with Crippen LogP contribution in [-0.2, 0) is 17.9 Å². The number of aliphatic imine (C=N–C) groups is 1. The van der Waals surface area contributed by atoms with Crippen molar-refractivity contribution in [2.75, 3.05) is 0 Å². The molecule has 0 saturated heterocycles. The van der Waals surface area contributed by atoms with Crippen molar-refractivity contribution in [3.63, 3.8) is 0 Å². The molecule has 26 heavy (non-hydrogen) atoms. The van der Waals surface area contributed by atoms with E-state index in [4.69, 9.17) is 10.2 Å². The number of benzene rings is 1. The molecular weight excluding hydrogens is 350 g/mol. The summed E-state index contributed by atoms with van der Waals surface area (Å²) in [4.78, 5) is 19.6. The molecule has 0 bridgehead atoms. The SMILES string of the molecule is CC(=O)NCc1ccc(-c2csc(/N=C(\N)NCc3ccccc3)n2)o1. The summed E-state index contributed by atoms with van der Waals surface area (Å²) in [7, 11) is 0. The molecule has 0 saturated carbocycles. The Morgan fingerprint density at radius 1 is 1.19 bits per heavy atom. The summed E-state index contributed by atoms with van der Waals surface area (Å²) in [6.45, 7) is 2.41. The normalized spacial score (nSPS) is 11.3. The number of aromatic nitrogens is 1. The van der Waals surface area contributed by atoms with Crippen LogP contribution in [0.4, 0.5) is 5.13 Å². The second-order valence-electron chi connectivity index (χ2n) is 5.53. The Kier molecular flexibility index (Phi) is 5.65. The van der Waals surface area contributed by atoms with Crippen molar-refractivity contribution < 1.29 is 9.21 Å². The minimum Gasteiger partial charge on any atom is -0.458 e. The van der Waals surface area contributed by atoms with Crippen LogP contribution in [0.25, 0.3) is 11.5 Å². The van der Waals surface area contributed by atoms with Crippen LogP contribution < -0.4 is 16.4 Å². The molecule has 134 valence electrons. The van der Waals surface area contributed by atoms with Gasteiger partial charge in [-0.25, -0.2) is 4.98 Å². The first-order chi connectivity index (χ1) is 12.6. The first-order valence-electron chi connectivity index (χ1n) is 8.01. The summed E-state index contributed by atoms with van der Waals surface area (Å²) >= 11 is 1.37. The molecule has 2 heterocycles. The first-order valence-corrected chi connectivity index (χ1v) is 8.89. The van der Waals surface area contributed by atoms with E-state index < -0.39 is 0 Å². The predicted octanol–water partition coefficient (Wildman–Crippen LogP) is 2.78. The zero-order valence-corrected chi connectivity index (χ0v) is 15.0. The Morgan fingerprint density at radius 2 is 2.00 bits per heavy atom. The topological polar surface area (TPSA) is 106 Å². The standard InChI is InChI=1S/C18H19N5O2S/c1-12(24)20-10-14-7-8-16(25-14)15-11-26-18(22-15)23-17(19)21-9-13-5-3-2-4-6-13/h2-8,11H,9-10H2,1H3,(H,20,24)(H3,19,21,22,23). The fourth-order valence-electron chi connectivity index (χ4n) is 2.18. The van der Waals surface area contributed by atoms with Gasteiger partial charge in [0.2, 0.25) is 11.0 Å². The van der Waals surface area contributed by atoms with E-state index >= 15 is 0 Å². The van der Waals surface area contributed by atoms with Crippen LogP contribution in [0.3, 0.4) is 0 Å². The average molecular weight is 369 g/mol. The van der Waals surface area contributed by atoms with Crippen molar-refractivity contribution in [1.82, 2.24) is 15.6 Å². The van der Waals surface area contributed by atoms with Crippen LogP contribution in [0, 0.1) is 0 Å². The molecule has 0 aliphatic carbocycles. The smallest absolute Gasteiger partial charge is 0.217 e. The number of amides is 1. The van der Waals surface area contributed by atoms with E-state index in [1.807, 2.05) is 47.8 Å². The van der Waals surface area contributed by atoms with E-state index in [1.54, 1.807) is 0 Å². The van der Waals surface area contributed by atoms with Gasteiger partial charge in [0.25, 0.3) is 0 Å². The number of furan rings is 1. The van der Waals surface area contributed by atoms with Gasteiger partial charge < -0.3 is 20.8 Å². The van der Waals surface area contributed by atoms with Gasteiger partial charge in [0.05, 0.1) is 6.54 Å². The summed E-state index contributed by atoms with van der Waals surface area (Å²) in [5.41, 5.74) is 7.71. The number of carbonyl (C=O) groups is 1. The van der Waals surface area contributed by atoms with Crippen molar-refractivity contribution >= 4 is 28.3 Å². The number of thiazole rings is 1. The van der Waals surface area contributed by atoms with E-state index in [-0.39, 0.29) is 5.91 Å². The molecule has 4 N–H and O–H groups in total. The van der Waals surface area contributed by atoms with E-state index in [9.17, 15) is 4.79 Å². The average Bonchev–Trinajstić information content (AvgIpc) is 3.28. The number of nitrogens with one attached hydrogen (secondary N) is 2. The molecule has 2 aromatic heterocycles. The molecule has 0 spiro atoms. The third kappa shape index (κ3) is 4.93. The number of guanidine groups is 1. The molecule has 7 nitrogen and oxygen atoms in total. The molecule has 0 aliphatic heterocycles. The Balaban J connectivity index is 1.61. The molecule has 0 radical (unpaired) electrons. The molecule has 0 aliphatic rings. The Bertz CT molecular complexity index is 901. The largest absolute Gasteiger partial charge is 0.458 e. The van der Waals surface area contributed by atoms with Gasteiger partial charge >= 0.3 is 0 Å². The Hall–Kier alpha value is -3.13. The molecular formula is C18H19N5O2S. The summed E-state index contributed by atoms with van der Waals surface area (Å²) in [5.74, 6) is 1.49. The highest BCUT2D eigenvalue weighted by Crippen LogP contribution is 2.28. The highest BCUT2D eigenvalue weighted by atomic mass is 32.1. The van der Waals surface area contributed by atoms with Gasteiger partial charge in [-0.2, -0.15) is 4.99 Å². The lowest BCUT2D eigenvalue weighted by Gasteiger charge is -2.04. The number of hydrogen-bond donors (Lipinski definition) is 3. The number of rotatable bonds is 6. The summed E-state index contributed by atoms with van der Waals surface area (Å²) in [5, 5.41) is 8.14. The molecule has 3 aromatic rings. The van der Waals surface area contributed by atoms with Crippen LogP contribution in [-0.4, -0.2) is 16.9 Å². The van der Waals surface area contributed by atoms with Crippen molar-refractivity contribution in [1.29, 1.82) is 0 Å². The van der Waals surface area contributed by atoms with Crippen LogP contribution in [0.1, 0.15) is 18.2 Å². The van der Waals surface area contributed by atoms with Crippen LogP contribution in [0.5, 0.6) is 0 Å². The minimum atomic E-state index is -0.105. The fraction of sp³-hybridized carbons (Fsp3) is 0.167. The zero-order chi connectivity index (χ0) is 18.4. The zero-order valence-electron chi connectivity index (χ0n) is 14.2. The predicted molar refractivity (Wildman–Crippen MR) is 102 cm³/mol. The second kappa shape index (κ2) is 8.30. The van der Waals surface area contributed by atoms with Gasteiger partial charge in [0.1, 0.15) is 11.5 Å². The summed E-state index contributed by atoms with van der Waals surface area (Å²) in [6, 6.07) is 13.6. The van der Waals surface area contributed by atoms with E-state index in [1.165, 1.54) is 18.3 Å². The quantitative estimate of drug-likeness (QED) is 0.458. The number of nitrogens with two attached hydrogens (primary N) is 1. The maximum absolute atomic E-state index is 10.9. The lowest BCUT2D eigenvalue weighted by atomic mass is 10.2. The first kappa shape index (κ1) is 17.7. The van der Waals surface area contributed by atoms with Crippen molar-refractivity contribution in [3.05, 3.63) is 59.2 Å².